The number of carbonyl (C=O) groups is 1. The standard InChI is InChI=1S/C23H29NO3/c1-4-9-18-14-20-15-19(23(26)27-16(2)3)12-8-13-24(20)21(18)22(25)17-10-6-5-7-11-17/h5-7,10-11,14-16,19,25H,4,8-9,12-13H2,1-3H3. The number of hydrogen-bond acceptors (Lipinski definition) is 3. The lowest BCUT2D eigenvalue weighted by atomic mass is 10.0. The van der Waals surface area contributed by atoms with Gasteiger partial charge >= 0.3 is 5.97 Å². The smallest absolute Gasteiger partial charge is 0.313 e. The molecular weight excluding hydrogens is 338 g/mol. The predicted molar refractivity (Wildman–Crippen MR) is 108 cm³/mol. The number of nitrogens with zero attached hydrogens (tertiary/aromatic N) is 1. The number of carbonyl (C=O) groups excluding carboxylic acids is 1. The van der Waals surface area contributed by atoms with E-state index in [4.69, 9.17) is 4.74 Å². The molecule has 1 aliphatic heterocycles. The normalized spacial score (nSPS) is 17.7. The zero-order valence-corrected chi connectivity index (χ0v) is 16.4. The van der Waals surface area contributed by atoms with Gasteiger partial charge in [0, 0.05) is 17.5 Å². The monoisotopic (exact) mass is 367 g/mol. The van der Waals surface area contributed by atoms with Crippen molar-refractivity contribution in [3.63, 3.8) is 0 Å². The fourth-order valence-electron chi connectivity index (χ4n) is 3.74. The lowest BCUT2D eigenvalue weighted by molar-refractivity contribution is -0.150. The summed E-state index contributed by atoms with van der Waals surface area (Å²) in [7, 11) is 0. The van der Waals surface area contributed by atoms with Crippen LogP contribution in [-0.2, 0) is 22.5 Å². The molecule has 0 spiro atoms. The number of aliphatic hydroxyl groups excluding tert-OH is 1. The van der Waals surface area contributed by atoms with Crippen molar-refractivity contribution in [3.05, 3.63) is 58.2 Å². The summed E-state index contributed by atoms with van der Waals surface area (Å²) in [5.41, 5.74) is 1.94. The predicted octanol–water partition coefficient (Wildman–Crippen LogP) is 3.30. The fraction of sp³-hybridized carbons (Fsp3) is 0.435. The number of benzene rings is 1. The van der Waals surface area contributed by atoms with Crippen molar-refractivity contribution >= 4 is 17.8 Å². The van der Waals surface area contributed by atoms with Crippen LogP contribution in [0, 0.1) is 5.92 Å². The zero-order chi connectivity index (χ0) is 19.4. The van der Waals surface area contributed by atoms with Gasteiger partial charge in [-0.2, -0.15) is 0 Å². The van der Waals surface area contributed by atoms with Gasteiger partial charge in [-0.15, -0.1) is 0 Å². The quantitative estimate of drug-likeness (QED) is 0.825. The summed E-state index contributed by atoms with van der Waals surface area (Å²) >= 11 is 0. The molecule has 1 N–H and O–H groups in total. The van der Waals surface area contributed by atoms with Crippen LogP contribution in [0.25, 0.3) is 11.8 Å². The van der Waals surface area contributed by atoms with Gasteiger partial charge in [-0.05, 0) is 50.8 Å². The Morgan fingerprint density at radius 1 is 1.30 bits per heavy atom. The average Bonchev–Trinajstić information content (AvgIpc) is 2.83. The van der Waals surface area contributed by atoms with E-state index in [0.29, 0.717) is 5.76 Å². The van der Waals surface area contributed by atoms with E-state index in [1.54, 1.807) is 0 Å². The number of aromatic nitrogens is 1. The molecule has 144 valence electrons. The summed E-state index contributed by atoms with van der Waals surface area (Å²) in [6, 6.07) is 11.8. The van der Waals surface area contributed by atoms with Crippen LogP contribution in [0.5, 0.6) is 0 Å². The molecule has 1 aliphatic rings. The summed E-state index contributed by atoms with van der Waals surface area (Å²) < 4.78 is 7.59. The highest BCUT2D eigenvalue weighted by Crippen LogP contribution is 2.16. The second kappa shape index (κ2) is 8.47. The molecule has 0 fully saturated rings. The van der Waals surface area contributed by atoms with Crippen LogP contribution in [0.1, 0.15) is 51.2 Å². The van der Waals surface area contributed by atoms with Crippen molar-refractivity contribution in [2.24, 2.45) is 5.92 Å². The van der Waals surface area contributed by atoms with Crippen molar-refractivity contribution < 1.29 is 14.6 Å². The first-order valence-electron chi connectivity index (χ1n) is 9.90. The number of aliphatic hydroxyl groups is 1. The molecule has 1 atom stereocenters. The third-order valence-corrected chi connectivity index (χ3v) is 4.92. The molecule has 4 heteroatoms. The summed E-state index contributed by atoms with van der Waals surface area (Å²) in [4.78, 5) is 12.4. The Hall–Kier alpha value is -2.49. The molecule has 2 aromatic rings. The molecule has 0 bridgehead atoms. The van der Waals surface area contributed by atoms with E-state index in [0.717, 1.165) is 54.1 Å². The van der Waals surface area contributed by atoms with Crippen LogP contribution in [0.2, 0.25) is 0 Å². The van der Waals surface area contributed by atoms with Crippen LogP contribution >= 0.6 is 0 Å². The largest absolute Gasteiger partial charge is 0.505 e. The van der Waals surface area contributed by atoms with Gasteiger partial charge in [0.05, 0.1) is 17.4 Å². The van der Waals surface area contributed by atoms with Gasteiger partial charge in [0.1, 0.15) is 5.76 Å². The van der Waals surface area contributed by atoms with Crippen LogP contribution in [0.4, 0.5) is 0 Å². The van der Waals surface area contributed by atoms with Gasteiger partial charge < -0.3 is 14.4 Å². The summed E-state index contributed by atoms with van der Waals surface area (Å²) in [5, 5.41) is 12.9. The molecular formula is C23H29NO3. The molecule has 4 nitrogen and oxygen atoms in total. The highest BCUT2D eigenvalue weighted by atomic mass is 16.5. The first-order valence-corrected chi connectivity index (χ1v) is 9.90. The Labute approximate surface area is 160 Å². The molecule has 1 aromatic heterocycles. The van der Waals surface area contributed by atoms with Crippen LogP contribution in [0.3, 0.4) is 0 Å². The Kier molecular flexibility index (Phi) is 6.04. The first-order chi connectivity index (χ1) is 13.0. The van der Waals surface area contributed by atoms with Crippen molar-refractivity contribution in [1.82, 2.24) is 4.57 Å². The van der Waals surface area contributed by atoms with Gasteiger partial charge in [0.25, 0.3) is 0 Å². The summed E-state index contributed by atoms with van der Waals surface area (Å²) in [6.45, 7) is 6.68. The average molecular weight is 367 g/mol. The van der Waals surface area contributed by atoms with E-state index in [-0.39, 0.29) is 18.0 Å². The van der Waals surface area contributed by atoms with Crippen molar-refractivity contribution in [2.75, 3.05) is 0 Å². The Balaban J connectivity index is 2.15. The minimum atomic E-state index is -0.232. The molecule has 27 heavy (non-hydrogen) atoms. The van der Waals surface area contributed by atoms with Gasteiger partial charge in [0.15, 0.2) is 0 Å². The van der Waals surface area contributed by atoms with Crippen molar-refractivity contribution in [3.8, 4) is 0 Å². The molecule has 0 saturated heterocycles. The number of esters is 1. The minimum Gasteiger partial charge on any atom is -0.505 e. The number of ether oxygens (including phenoxy) is 1. The third-order valence-electron chi connectivity index (χ3n) is 4.92. The molecule has 0 radical (unpaired) electrons. The zero-order valence-electron chi connectivity index (χ0n) is 16.4. The molecule has 0 aliphatic carbocycles. The molecule has 1 aromatic carbocycles. The lowest BCUT2D eigenvalue weighted by Gasteiger charge is -2.13. The minimum absolute atomic E-state index is 0.109. The molecule has 0 saturated carbocycles. The van der Waals surface area contributed by atoms with Gasteiger partial charge in [-0.3, -0.25) is 4.79 Å². The Morgan fingerprint density at radius 2 is 2.04 bits per heavy atom. The highest BCUT2D eigenvalue weighted by molar-refractivity contribution is 5.79. The molecule has 2 heterocycles. The van der Waals surface area contributed by atoms with Gasteiger partial charge in [0.2, 0.25) is 0 Å². The SMILES string of the molecule is CCCc1cc2n(c1=C(O)c1ccccc1)CCCC(C(=O)OC(C)C)C=2. The summed E-state index contributed by atoms with van der Waals surface area (Å²) in [6.07, 6.45) is 5.43. The summed E-state index contributed by atoms with van der Waals surface area (Å²) in [5.74, 6) is -0.0823. The van der Waals surface area contributed by atoms with E-state index in [1.165, 1.54) is 0 Å². The van der Waals surface area contributed by atoms with E-state index in [9.17, 15) is 9.90 Å². The second-order valence-electron chi connectivity index (χ2n) is 7.46. The first kappa shape index (κ1) is 19.3. The Morgan fingerprint density at radius 3 is 2.70 bits per heavy atom. The lowest BCUT2D eigenvalue weighted by Crippen LogP contribution is -2.29. The topological polar surface area (TPSA) is 51.5 Å². The Bertz CT molecular complexity index is 909. The van der Waals surface area contributed by atoms with Crippen LogP contribution < -0.4 is 10.7 Å². The number of fused-ring (bicyclic) bond motifs is 1. The maximum atomic E-state index is 12.4. The number of rotatable bonds is 5. The van der Waals surface area contributed by atoms with E-state index in [2.05, 4.69) is 17.6 Å². The fourth-order valence-corrected chi connectivity index (χ4v) is 3.74. The van der Waals surface area contributed by atoms with Crippen molar-refractivity contribution in [2.45, 2.75) is 59.1 Å². The number of aryl methyl sites for hydroxylation is 1. The van der Waals surface area contributed by atoms with Gasteiger partial charge in [-0.25, -0.2) is 0 Å². The third kappa shape index (κ3) is 4.26. The van der Waals surface area contributed by atoms with Gasteiger partial charge in [-0.1, -0.05) is 43.7 Å². The maximum Gasteiger partial charge on any atom is 0.313 e. The van der Waals surface area contributed by atoms with E-state index >= 15 is 0 Å². The van der Waals surface area contributed by atoms with Crippen LogP contribution in [0.15, 0.2) is 36.4 Å². The van der Waals surface area contributed by atoms with E-state index in [1.807, 2.05) is 50.3 Å². The van der Waals surface area contributed by atoms with E-state index < -0.39 is 0 Å². The number of hydrogen-bond donors (Lipinski definition) is 1. The molecule has 1 unspecified atom stereocenters. The maximum absolute atomic E-state index is 12.4. The van der Waals surface area contributed by atoms with Crippen LogP contribution in [-0.4, -0.2) is 21.7 Å². The molecule has 0 amide bonds. The second-order valence-corrected chi connectivity index (χ2v) is 7.46. The highest BCUT2D eigenvalue weighted by Gasteiger charge is 2.22. The van der Waals surface area contributed by atoms with Crippen molar-refractivity contribution in [1.29, 1.82) is 0 Å². The molecule has 3 rings (SSSR count).